The van der Waals surface area contributed by atoms with Crippen LogP contribution < -0.4 is 10.9 Å². The molecule has 0 radical (unpaired) electrons. The molecular weight excluding hydrogens is 310 g/mol. The summed E-state index contributed by atoms with van der Waals surface area (Å²) in [5.74, 6) is 0.0115. The van der Waals surface area contributed by atoms with Crippen LogP contribution in [0.3, 0.4) is 0 Å². The fraction of sp³-hybridized carbons (Fsp3) is 0.471. The standard InChI is InChI=1S/C17H21N3O2S/c1-11-3-10-16(21)20(19-11)14-7-5-13(6-8-14)18-17(22)15-9-4-12(2)23-15/h3-4,9-10,13-14H,5-8H2,1-2H3,(H,18,22). The van der Waals surface area contributed by atoms with E-state index in [9.17, 15) is 9.59 Å². The van der Waals surface area contributed by atoms with Gasteiger partial charge in [0.05, 0.1) is 16.6 Å². The molecule has 1 aliphatic rings. The van der Waals surface area contributed by atoms with Gasteiger partial charge in [-0.2, -0.15) is 5.10 Å². The first-order valence-corrected chi connectivity index (χ1v) is 8.78. The Labute approximate surface area is 139 Å². The van der Waals surface area contributed by atoms with Gasteiger partial charge < -0.3 is 5.32 Å². The van der Waals surface area contributed by atoms with Gasteiger partial charge >= 0.3 is 0 Å². The number of carbonyl (C=O) groups is 1. The van der Waals surface area contributed by atoms with E-state index in [1.807, 2.05) is 26.0 Å². The van der Waals surface area contributed by atoms with Gasteiger partial charge in [0, 0.05) is 17.0 Å². The van der Waals surface area contributed by atoms with Gasteiger partial charge in [-0.1, -0.05) is 0 Å². The third-order valence-electron chi connectivity index (χ3n) is 4.30. The Hall–Kier alpha value is -1.95. The Morgan fingerprint density at radius 2 is 1.91 bits per heavy atom. The van der Waals surface area contributed by atoms with E-state index in [0.717, 1.165) is 41.1 Å². The van der Waals surface area contributed by atoms with Crippen molar-refractivity contribution in [3.8, 4) is 0 Å². The predicted octanol–water partition coefficient (Wildman–Crippen LogP) is 2.84. The monoisotopic (exact) mass is 331 g/mol. The summed E-state index contributed by atoms with van der Waals surface area (Å²) in [5.41, 5.74) is 0.810. The fourth-order valence-electron chi connectivity index (χ4n) is 3.06. The van der Waals surface area contributed by atoms with Gasteiger partial charge in [-0.05, 0) is 57.7 Å². The van der Waals surface area contributed by atoms with E-state index in [-0.39, 0.29) is 23.6 Å². The molecule has 0 atom stereocenters. The maximum absolute atomic E-state index is 12.2. The highest BCUT2D eigenvalue weighted by molar-refractivity contribution is 7.13. The molecule has 23 heavy (non-hydrogen) atoms. The van der Waals surface area contributed by atoms with Gasteiger partial charge in [0.2, 0.25) is 0 Å². The molecule has 1 fully saturated rings. The zero-order chi connectivity index (χ0) is 16.4. The van der Waals surface area contributed by atoms with E-state index in [0.29, 0.717) is 0 Å². The highest BCUT2D eigenvalue weighted by atomic mass is 32.1. The summed E-state index contributed by atoms with van der Waals surface area (Å²) in [7, 11) is 0. The predicted molar refractivity (Wildman–Crippen MR) is 91.0 cm³/mol. The summed E-state index contributed by atoms with van der Waals surface area (Å²) in [4.78, 5) is 26.1. The van der Waals surface area contributed by atoms with E-state index in [1.54, 1.807) is 16.8 Å². The number of thiophene rings is 1. The molecular formula is C17H21N3O2S. The minimum absolute atomic E-state index is 0.0115. The molecule has 0 spiro atoms. The number of aryl methyl sites for hydroxylation is 2. The number of aromatic nitrogens is 2. The average Bonchev–Trinajstić information content (AvgIpc) is 2.97. The molecule has 2 heterocycles. The summed E-state index contributed by atoms with van der Waals surface area (Å²) < 4.78 is 1.61. The smallest absolute Gasteiger partial charge is 0.267 e. The summed E-state index contributed by atoms with van der Waals surface area (Å²) in [6.45, 7) is 3.89. The Morgan fingerprint density at radius 3 is 2.57 bits per heavy atom. The molecule has 2 aromatic rings. The lowest BCUT2D eigenvalue weighted by Crippen LogP contribution is -2.39. The second-order valence-corrected chi connectivity index (χ2v) is 7.43. The molecule has 0 aliphatic heterocycles. The summed E-state index contributed by atoms with van der Waals surface area (Å²) >= 11 is 1.52. The third-order valence-corrected chi connectivity index (χ3v) is 5.30. The summed E-state index contributed by atoms with van der Waals surface area (Å²) in [6, 6.07) is 7.48. The second-order valence-electron chi connectivity index (χ2n) is 6.15. The molecule has 0 bridgehead atoms. The molecule has 122 valence electrons. The molecule has 3 rings (SSSR count). The Morgan fingerprint density at radius 1 is 1.17 bits per heavy atom. The van der Waals surface area contributed by atoms with Crippen LogP contribution in [0, 0.1) is 13.8 Å². The molecule has 1 saturated carbocycles. The van der Waals surface area contributed by atoms with Crippen LogP contribution in [-0.4, -0.2) is 21.7 Å². The van der Waals surface area contributed by atoms with Crippen LogP contribution >= 0.6 is 11.3 Å². The fourth-order valence-corrected chi connectivity index (χ4v) is 3.83. The zero-order valence-electron chi connectivity index (χ0n) is 13.4. The van der Waals surface area contributed by atoms with Gasteiger partial charge in [-0.3, -0.25) is 9.59 Å². The first-order valence-electron chi connectivity index (χ1n) is 7.96. The van der Waals surface area contributed by atoms with Crippen LogP contribution in [0.2, 0.25) is 0 Å². The van der Waals surface area contributed by atoms with Crippen molar-refractivity contribution in [3.63, 3.8) is 0 Å². The lowest BCUT2D eigenvalue weighted by Gasteiger charge is -2.29. The van der Waals surface area contributed by atoms with Gasteiger partial charge in [-0.15, -0.1) is 11.3 Å². The van der Waals surface area contributed by atoms with Crippen molar-refractivity contribution in [2.75, 3.05) is 0 Å². The number of rotatable bonds is 3. The molecule has 1 amide bonds. The van der Waals surface area contributed by atoms with Crippen molar-refractivity contribution < 1.29 is 4.79 Å². The summed E-state index contributed by atoms with van der Waals surface area (Å²) in [6.07, 6.45) is 3.49. The van der Waals surface area contributed by atoms with Gasteiger partial charge in [0.25, 0.3) is 11.5 Å². The Kier molecular flexibility index (Phi) is 4.61. The largest absolute Gasteiger partial charge is 0.349 e. The Balaban J connectivity index is 1.59. The van der Waals surface area contributed by atoms with E-state index < -0.39 is 0 Å². The molecule has 0 saturated heterocycles. The van der Waals surface area contributed by atoms with Crippen LogP contribution in [0.4, 0.5) is 0 Å². The van der Waals surface area contributed by atoms with E-state index in [4.69, 9.17) is 0 Å². The SMILES string of the molecule is Cc1ccc(=O)n(C2CCC(NC(=O)c3ccc(C)s3)CC2)n1. The quantitative estimate of drug-likeness (QED) is 0.940. The molecule has 2 aromatic heterocycles. The number of carbonyl (C=O) groups excluding carboxylic acids is 1. The molecule has 0 aromatic carbocycles. The van der Waals surface area contributed by atoms with Gasteiger partial charge in [-0.25, -0.2) is 4.68 Å². The number of nitrogens with one attached hydrogen (secondary N) is 1. The number of hydrogen-bond acceptors (Lipinski definition) is 4. The molecule has 1 N–H and O–H groups in total. The van der Waals surface area contributed by atoms with Crippen LogP contribution in [-0.2, 0) is 0 Å². The lowest BCUT2D eigenvalue weighted by atomic mass is 9.91. The zero-order valence-corrected chi connectivity index (χ0v) is 14.2. The lowest BCUT2D eigenvalue weighted by molar-refractivity contribution is 0.0925. The maximum atomic E-state index is 12.2. The van der Waals surface area contributed by atoms with Crippen LogP contribution in [0.1, 0.15) is 52.0 Å². The van der Waals surface area contributed by atoms with Crippen molar-refractivity contribution in [1.29, 1.82) is 0 Å². The molecule has 0 unspecified atom stereocenters. The number of amides is 1. The Bertz CT molecular complexity index is 757. The number of nitrogens with zero attached hydrogens (tertiary/aromatic N) is 2. The van der Waals surface area contributed by atoms with Crippen molar-refractivity contribution in [3.05, 3.63) is 50.1 Å². The minimum atomic E-state index is -0.0443. The molecule has 1 aliphatic carbocycles. The topological polar surface area (TPSA) is 64.0 Å². The first-order chi connectivity index (χ1) is 11.0. The van der Waals surface area contributed by atoms with Crippen LogP contribution in [0.15, 0.2) is 29.1 Å². The van der Waals surface area contributed by atoms with Crippen LogP contribution in [0.5, 0.6) is 0 Å². The maximum Gasteiger partial charge on any atom is 0.267 e. The minimum Gasteiger partial charge on any atom is -0.349 e. The van der Waals surface area contributed by atoms with Crippen molar-refractivity contribution >= 4 is 17.2 Å². The van der Waals surface area contributed by atoms with Crippen molar-refractivity contribution in [2.24, 2.45) is 0 Å². The second kappa shape index (κ2) is 6.66. The van der Waals surface area contributed by atoms with E-state index in [2.05, 4.69) is 10.4 Å². The molecule has 5 nitrogen and oxygen atoms in total. The normalized spacial score (nSPS) is 21.1. The van der Waals surface area contributed by atoms with Crippen molar-refractivity contribution in [2.45, 2.75) is 51.6 Å². The van der Waals surface area contributed by atoms with E-state index >= 15 is 0 Å². The molecule has 6 heteroatoms. The van der Waals surface area contributed by atoms with Crippen molar-refractivity contribution in [1.82, 2.24) is 15.1 Å². The van der Waals surface area contributed by atoms with E-state index in [1.165, 1.54) is 11.3 Å². The first kappa shape index (κ1) is 15.9. The van der Waals surface area contributed by atoms with Crippen LogP contribution in [0.25, 0.3) is 0 Å². The summed E-state index contributed by atoms with van der Waals surface area (Å²) in [5, 5.41) is 7.46. The highest BCUT2D eigenvalue weighted by Crippen LogP contribution is 2.27. The number of hydrogen-bond donors (Lipinski definition) is 1. The highest BCUT2D eigenvalue weighted by Gasteiger charge is 2.25. The average molecular weight is 331 g/mol. The third kappa shape index (κ3) is 3.69. The van der Waals surface area contributed by atoms with Gasteiger partial charge in [0.1, 0.15) is 0 Å². The van der Waals surface area contributed by atoms with Gasteiger partial charge in [0.15, 0.2) is 0 Å².